The lowest BCUT2D eigenvalue weighted by atomic mass is 10.1. The highest BCUT2D eigenvalue weighted by Crippen LogP contribution is 2.26. The van der Waals surface area contributed by atoms with Crippen molar-refractivity contribution in [3.63, 3.8) is 0 Å². The highest BCUT2D eigenvalue weighted by atomic mass is 32.2. The summed E-state index contributed by atoms with van der Waals surface area (Å²) >= 11 is 0. The molecule has 0 aromatic carbocycles. The van der Waals surface area contributed by atoms with Crippen molar-refractivity contribution < 1.29 is 22.2 Å². The van der Waals surface area contributed by atoms with E-state index in [-0.39, 0.29) is 16.8 Å². The Hall–Kier alpha value is -2.13. The van der Waals surface area contributed by atoms with E-state index < -0.39 is 10.0 Å². The molecule has 0 saturated carbocycles. The van der Waals surface area contributed by atoms with Gasteiger partial charge < -0.3 is 14.3 Å². The van der Waals surface area contributed by atoms with Gasteiger partial charge in [0.15, 0.2) is 11.5 Å². The summed E-state index contributed by atoms with van der Waals surface area (Å²) in [4.78, 5) is 12.3. The molecule has 0 aliphatic carbocycles. The second-order valence-corrected chi connectivity index (χ2v) is 8.11. The molecule has 3 rings (SSSR count). The van der Waals surface area contributed by atoms with Crippen LogP contribution in [0.2, 0.25) is 0 Å². The van der Waals surface area contributed by atoms with Gasteiger partial charge in [-0.25, -0.2) is 8.42 Å². The number of amides is 1. The van der Waals surface area contributed by atoms with Gasteiger partial charge in [0.1, 0.15) is 10.6 Å². The van der Waals surface area contributed by atoms with Gasteiger partial charge in [0.25, 0.3) is 5.91 Å². The number of hydrogen-bond acceptors (Lipinski definition) is 6. The number of aryl methyl sites for hydroxylation is 3. The summed E-state index contributed by atoms with van der Waals surface area (Å²) in [6.07, 6.45) is 2.55. The Morgan fingerprint density at radius 1 is 1.28 bits per heavy atom. The number of hydrogen-bond donors (Lipinski definition) is 1. The lowest BCUT2D eigenvalue weighted by molar-refractivity contribution is 0.0895. The average Bonchev–Trinajstić information content (AvgIpc) is 3.13. The molecule has 25 heavy (non-hydrogen) atoms. The molecule has 3 heterocycles. The quantitative estimate of drug-likeness (QED) is 0.883. The maximum Gasteiger partial charge on any atom is 0.287 e. The van der Waals surface area contributed by atoms with E-state index in [1.165, 1.54) is 10.6 Å². The first-order valence-corrected chi connectivity index (χ1v) is 9.52. The molecular weight excluding hydrogens is 346 g/mol. The zero-order valence-corrected chi connectivity index (χ0v) is 15.2. The molecule has 0 unspecified atom stereocenters. The van der Waals surface area contributed by atoms with Crippen molar-refractivity contribution in [1.82, 2.24) is 14.8 Å². The van der Waals surface area contributed by atoms with E-state index in [1.807, 2.05) is 0 Å². The molecule has 0 radical (unpaired) electrons. The zero-order chi connectivity index (χ0) is 18.2. The number of carbonyl (C=O) groups excluding carboxylic acids is 1. The average molecular weight is 367 g/mol. The van der Waals surface area contributed by atoms with Gasteiger partial charge in [0.2, 0.25) is 10.0 Å². The van der Waals surface area contributed by atoms with Crippen LogP contribution in [0.1, 0.15) is 40.4 Å². The first-order chi connectivity index (χ1) is 11.8. The molecule has 1 fully saturated rings. The second kappa shape index (κ2) is 6.64. The molecule has 1 aliphatic heterocycles. The van der Waals surface area contributed by atoms with Crippen molar-refractivity contribution in [2.24, 2.45) is 0 Å². The fourth-order valence-corrected chi connectivity index (χ4v) is 4.83. The number of piperidine rings is 1. The van der Waals surface area contributed by atoms with Crippen molar-refractivity contribution in [3.05, 3.63) is 35.1 Å². The topological polar surface area (TPSA) is 106 Å². The number of nitrogens with zero attached hydrogens (tertiary/aromatic N) is 2. The molecule has 1 saturated heterocycles. The van der Waals surface area contributed by atoms with Gasteiger partial charge >= 0.3 is 0 Å². The molecule has 9 heteroatoms. The van der Waals surface area contributed by atoms with Crippen LogP contribution in [0.15, 0.2) is 26.2 Å². The molecule has 136 valence electrons. The minimum Gasteiger partial charge on any atom is -0.459 e. The molecule has 8 nitrogen and oxygen atoms in total. The smallest absolute Gasteiger partial charge is 0.287 e. The normalized spacial score (nSPS) is 16.9. The van der Waals surface area contributed by atoms with Gasteiger partial charge in [-0.15, -0.1) is 0 Å². The SMILES string of the molecule is Cc1ccoc1C(=O)NC1CCN(S(=O)(=O)c2c(C)noc2C)CC1. The first-order valence-electron chi connectivity index (χ1n) is 8.08. The number of furan rings is 1. The molecule has 2 aromatic heterocycles. The third-order valence-corrected chi connectivity index (χ3v) is 6.57. The summed E-state index contributed by atoms with van der Waals surface area (Å²) in [5, 5.41) is 6.63. The molecule has 1 aliphatic rings. The predicted molar refractivity (Wildman–Crippen MR) is 88.7 cm³/mol. The van der Waals surface area contributed by atoms with Gasteiger partial charge in [0, 0.05) is 24.7 Å². The summed E-state index contributed by atoms with van der Waals surface area (Å²) in [7, 11) is -3.64. The summed E-state index contributed by atoms with van der Waals surface area (Å²) in [5.41, 5.74) is 1.14. The molecule has 0 atom stereocenters. The minimum atomic E-state index is -3.64. The van der Waals surface area contributed by atoms with Crippen molar-refractivity contribution in [3.8, 4) is 0 Å². The summed E-state index contributed by atoms with van der Waals surface area (Å²) in [6, 6.07) is 1.64. The van der Waals surface area contributed by atoms with Crippen LogP contribution < -0.4 is 5.32 Å². The molecule has 0 bridgehead atoms. The van der Waals surface area contributed by atoms with Gasteiger partial charge in [-0.1, -0.05) is 5.16 Å². The van der Waals surface area contributed by atoms with E-state index in [2.05, 4.69) is 10.5 Å². The number of sulfonamides is 1. The molecule has 2 aromatic rings. The monoisotopic (exact) mass is 367 g/mol. The van der Waals surface area contributed by atoms with E-state index in [0.717, 1.165) is 5.56 Å². The Kier molecular flexibility index (Phi) is 4.70. The summed E-state index contributed by atoms with van der Waals surface area (Å²) < 4.78 is 37.1. The van der Waals surface area contributed by atoms with Crippen LogP contribution in [0.5, 0.6) is 0 Å². The van der Waals surface area contributed by atoms with Crippen molar-refractivity contribution >= 4 is 15.9 Å². The van der Waals surface area contributed by atoms with Crippen LogP contribution >= 0.6 is 0 Å². The highest BCUT2D eigenvalue weighted by molar-refractivity contribution is 7.89. The van der Waals surface area contributed by atoms with Crippen LogP contribution in [-0.2, 0) is 10.0 Å². The fourth-order valence-electron chi connectivity index (χ4n) is 3.07. The second-order valence-electron chi connectivity index (χ2n) is 6.24. The number of nitrogens with one attached hydrogen (secondary N) is 1. The Bertz CT molecular complexity index is 856. The summed E-state index contributed by atoms with van der Waals surface area (Å²) in [6.45, 7) is 5.66. The van der Waals surface area contributed by atoms with E-state index in [4.69, 9.17) is 8.94 Å². The van der Waals surface area contributed by atoms with Gasteiger partial charge in [-0.05, 0) is 39.7 Å². The Morgan fingerprint density at radius 3 is 2.48 bits per heavy atom. The van der Waals surface area contributed by atoms with Crippen LogP contribution in [0.4, 0.5) is 0 Å². The Labute approximate surface area is 146 Å². The molecular formula is C16H21N3O5S. The van der Waals surface area contributed by atoms with Crippen LogP contribution in [0.3, 0.4) is 0 Å². The Morgan fingerprint density at radius 2 is 1.96 bits per heavy atom. The van der Waals surface area contributed by atoms with Gasteiger partial charge in [-0.3, -0.25) is 4.79 Å². The van der Waals surface area contributed by atoms with Crippen LogP contribution in [0.25, 0.3) is 0 Å². The number of aromatic nitrogens is 1. The molecule has 0 spiro atoms. The maximum absolute atomic E-state index is 12.8. The van der Waals surface area contributed by atoms with Crippen LogP contribution in [-0.4, -0.2) is 42.9 Å². The molecule has 1 amide bonds. The minimum absolute atomic E-state index is 0.0897. The van der Waals surface area contributed by atoms with Gasteiger partial charge in [-0.2, -0.15) is 4.31 Å². The highest BCUT2D eigenvalue weighted by Gasteiger charge is 2.34. The number of rotatable bonds is 4. The Balaban J connectivity index is 1.64. The van der Waals surface area contributed by atoms with E-state index >= 15 is 0 Å². The lowest BCUT2D eigenvalue weighted by Gasteiger charge is -2.31. The van der Waals surface area contributed by atoms with Crippen molar-refractivity contribution in [2.45, 2.75) is 44.6 Å². The maximum atomic E-state index is 12.8. The zero-order valence-electron chi connectivity index (χ0n) is 14.4. The largest absolute Gasteiger partial charge is 0.459 e. The molecule has 1 N–H and O–H groups in total. The van der Waals surface area contributed by atoms with Crippen molar-refractivity contribution in [2.75, 3.05) is 13.1 Å². The fraction of sp³-hybridized carbons (Fsp3) is 0.500. The van der Waals surface area contributed by atoms with Gasteiger partial charge in [0.05, 0.1) is 6.26 Å². The third kappa shape index (κ3) is 3.34. The predicted octanol–water partition coefficient (Wildman–Crippen LogP) is 1.78. The first kappa shape index (κ1) is 17.7. The van der Waals surface area contributed by atoms with E-state index in [9.17, 15) is 13.2 Å². The lowest BCUT2D eigenvalue weighted by Crippen LogP contribution is -2.46. The van der Waals surface area contributed by atoms with Crippen LogP contribution in [0, 0.1) is 20.8 Å². The standard InChI is InChI=1S/C16H21N3O5S/c1-10-6-9-23-14(10)16(20)17-13-4-7-19(8-5-13)25(21,22)15-11(2)18-24-12(15)3/h6,9,13H,4-5,7-8H2,1-3H3,(H,17,20). The number of carbonyl (C=O) groups is 1. The van der Waals surface area contributed by atoms with E-state index in [0.29, 0.717) is 43.1 Å². The third-order valence-electron chi connectivity index (χ3n) is 4.42. The van der Waals surface area contributed by atoms with Crippen molar-refractivity contribution in [1.29, 1.82) is 0 Å². The van der Waals surface area contributed by atoms with E-state index in [1.54, 1.807) is 26.8 Å². The summed E-state index contributed by atoms with van der Waals surface area (Å²) in [5.74, 6) is 0.321.